The van der Waals surface area contributed by atoms with Crippen molar-refractivity contribution < 1.29 is 23.9 Å². The van der Waals surface area contributed by atoms with Crippen molar-refractivity contribution in [2.24, 2.45) is 0 Å². The lowest BCUT2D eigenvalue weighted by molar-refractivity contribution is -0.133. The average molecular weight is 361 g/mol. The van der Waals surface area contributed by atoms with E-state index in [0.29, 0.717) is 30.0 Å². The lowest BCUT2D eigenvalue weighted by Gasteiger charge is -2.20. The normalized spacial score (nSPS) is 18.2. The van der Waals surface area contributed by atoms with Gasteiger partial charge in [-0.15, -0.1) is 0 Å². The minimum Gasteiger partial charge on any atom is -0.493 e. The zero-order valence-corrected chi connectivity index (χ0v) is 15.2. The summed E-state index contributed by atoms with van der Waals surface area (Å²) in [4.78, 5) is 38.2. The molecule has 1 aromatic rings. The summed E-state index contributed by atoms with van der Waals surface area (Å²) in [5.74, 6) is 0.284. The van der Waals surface area contributed by atoms with Crippen LogP contribution in [-0.2, 0) is 9.59 Å². The summed E-state index contributed by atoms with van der Waals surface area (Å²) < 4.78 is 10.5. The van der Waals surface area contributed by atoms with Crippen molar-refractivity contribution in [3.63, 3.8) is 0 Å². The number of benzene rings is 1. The molecule has 2 N–H and O–H groups in total. The zero-order valence-electron chi connectivity index (χ0n) is 15.2. The van der Waals surface area contributed by atoms with Gasteiger partial charge in [0.2, 0.25) is 5.91 Å². The third-order valence-electron chi connectivity index (χ3n) is 5.01. The number of imide groups is 1. The topological polar surface area (TPSA) is 97.0 Å². The van der Waals surface area contributed by atoms with Crippen LogP contribution in [0.5, 0.6) is 11.5 Å². The molecule has 140 valence electrons. The number of ether oxygens (including phenoxy) is 2. The molecule has 4 amide bonds. The molecule has 1 saturated heterocycles. The Balaban J connectivity index is 1.71. The Morgan fingerprint density at radius 1 is 1.19 bits per heavy atom. The van der Waals surface area contributed by atoms with Crippen LogP contribution >= 0.6 is 0 Å². The van der Waals surface area contributed by atoms with Crippen molar-refractivity contribution >= 4 is 23.5 Å². The molecule has 1 aliphatic carbocycles. The molecule has 26 heavy (non-hydrogen) atoms. The molecular weight excluding hydrogens is 338 g/mol. The molecule has 1 saturated carbocycles. The van der Waals surface area contributed by atoms with Crippen LogP contribution in [-0.4, -0.2) is 49.0 Å². The second-order valence-electron chi connectivity index (χ2n) is 6.68. The van der Waals surface area contributed by atoms with Gasteiger partial charge in [-0.05, 0) is 31.4 Å². The third-order valence-corrected chi connectivity index (χ3v) is 5.01. The van der Waals surface area contributed by atoms with E-state index in [1.54, 1.807) is 12.1 Å². The summed E-state index contributed by atoms with van der Waals surface area (Å²) in [6.45, 7) is 1.50. The van der Waals surface area contributed by atoms with Crippen molar-refractivity contribution in [1.29, 1.82) is 0 Å². The van der Waals surface area contributed by atoms with Gasteiger partial charge in [0.1, 0.15) is 12.1 Å². The van der Waals surface area contributed by atoms with Gasteiger partial charge < -0.3 is 20.1 Å². The highest BCUT2D eigenvalue weighted by molar-refractivity contribution is 6.10. The highest BCUT2D eigenvalue weighted by Crippen LogP contribution is 2.35. The van der Waals surface area contributed by atoms with E-state index in [9.17, 15) is 14.4 Å². The van der Waals surface area contributed by atoms with E-state index in [2.05, 4.69) is 10.6 Å². The summed E-state index contributed by atoms with van der Waals surface area (Å²) >= 11 is 0. The number of aryl methyl sites for hydroxylation is 1. The summed E-state index contributed by atoms with van der Waals surface area (Å²) in [6.07, 6.45) is 3.06. The first-order chi connectivity index (χ1) is 12.4. The Kier molecular flexibility index (Phi) is 4.76. The van der Waals surface area contributed by atoms with E-state index in [1.165, 1.54) is 14.2 Å². The Bertz CT molecular complexity index is 755. The van der Waals surface area contributed by atoms with Crippen molar-refractivity contribution in [3.05, 3.63) is 17.7 Å². The van der Waals surface area contributed by atoms with Crippen LogP contribution in [0, 0.1) is 6.92 Å². The molecule has 1 spiro atoms. The van der Waals surface area contributed by atoms with E-state index >= 15 is 0 Å². The SMILES string of the molecule is COc1cc(C)c(NC(=O)CN2C(=O)NC3(CCCC3)C2=O)cc1OC. The van der Waals surface area contributed by atoms with Gasteiger partial charge in [0.15, 0.2) is 11.5 Å². The smallest absolute Gasteiger partial charge is 0.325 e. The standard InChI is InChI=1S/C18H23N3O5/c1-11-8-13(25-2)14(26-3)9-12(11)19-15(22)10-21-16(23)18(20-17(21)24)6-4-5-7-18/h8-9H,4-7,10H2,1-3H3,(H,19,22)(H,20,24). The van der Waals surface area contributed by atoms with Crippen LogP contribution in [0.1, 0.15) is 31.2 Å². The molecule has 1 heterocycles. The van der Waals surface area contributed by atoms with Crippen molar-refractivity contribution in [3.8, 4) is 11.5 Å². The number of methoxy groups -OCH3 is 2. The van der Waals surface area contributed by atoms with E-state index in [1.807, 2.05) is 6.92 Å². The predicted octanol–water partition coefficient (Wildman–Crippen LogP) is 1.82. The molecule has 2 fully saturated rings. The zero-order chi connectivity index (χ0) is 18.9. The van der Waals surface area contributed by atoms with Crippen LogP contribution in [0.25, 0.3) is 0 Å². The summed E-state index contributed by atoms with van der Waals surface area (Å²) in [7, 11) is 3.04. The molecule has 1 aliphatic heterocycles. The van der Waals surface area contributed by atoms with Gasteiger partial charge in [0, 0.05) is 11.8 Å². The number of hydrogen-bond donors (Lipinski definition) is 2. The van der Waals surface area contributed by atoms with Gasteiger partial charge in [-0.1, -0.05) is 12.8 Å². The number of hydrogen-bond acceptors (Lipinski definition) is 5. The molecule has 0 atom stereocenters. The molecule has 0 radical (unpaired) electrons. The highest BCUT2D eigenvalue weighted by Gasteiger charge is 2.52. The number of urea groups is 1. The Hall–Kier alpha value is -2.77. The molecule has 0 bridgehead atoms. The van der Waals surface area contributed by atoms with Crippen molar-refractivity contribution in [1.82, 2.24) is 10.2 Å². The minimum absolute atomic E-state index is 0.306. The van der Waals surface area contributed by atoms with Gasteiger partial charge in [0.05, 0.1) is 14.2 Å². The van der Waals surface area contributed by atoms with E-state index in [-0.39, 0.29) is 12.5 Å². The fraction of sp³-hybridized carbons (Fsp3) is 0.500. The molecule has 2 aliphatic rings. The molecular formula is C18H23N3O5. The summed E-state index contributed by atoms with van der Waals surface area (Å²) in [6, 6.07) is 2.89. The molecule has 0 aromatic heterocycles. The maximum Gasteiger partial charge on any atom is 0.325 e. The quantitative estimate of drug-likeness (QED) is 0.780. The largest absolute Gasteiger partial charge is 0.493 e. The molecule has 0 unspecified atom stereocenters. The highest BCUT2D eigenvalue weighted by atomic mass is 16.5. The van der Waals surface area contributed by atoms with Gasteiger partial charge in [0.25, 0.3) is 5.91 Å². The lowest BCUT2D eigenvalue weighted by Crippen LogP contribution is -2.44. The number of anilines is 1. The van der Waals surface area contributed by atoms with Gasteiger partial charge in [-0.2, -0.15) is 0 Å². The van der Waals surface area contributed by atoms with Crippen molar-refractivity contribution in [2.45, 2.75) is 38.1 Å². The fourth-order valence-corrected chi connectivity index (χ4v) is 3.59. The van der Waals surface area contributed by atoms with Gasteiger partial charge >= 0.3 is 6.03 Å². The van der Waals surface area contributed by atoms with Crippen LogP contribution in [0.3, 0.4) is 0 Å². The fourth-order valence-electron chi connectivity index (χ4n) is 3.59. The van der Waals surface area contributed by atoms with Gasteiger partial charge in [-0.3, -0.25) is 14.5 Å². The monoisotopic (exact) mass is 361 g/mol. The second-order valence-corrected chi connectivity index (χ2v) is 6.68. The molecule has 1 aromatic carbocycles. The maximum absolute atomic E-state index is 12.6. The average Bonchev–Trinajstić information content (AvgIpc) is 3.17. The number of nitrogens with zero attached hydrogens (tertiary/aromatic N) is 1. The summed E-state index contributed by atoms with van der Waals surface area (Å²) in [5, 5.41) is 5.50. The first-order valence-corrected chi connectivity index (χ1v) is 8.57. The molecule has 3 rings (SSSR count). The van der Waals surface area contributed by atoms with Crippen molar-refractivity contribution in [2.75, 3.05) is 26.1 Å². The van der Waals surface area contributed by atoms with Gasteiger partial charge in [-0.25, -0.2) is 4.79 Å². The lowest BCUT2D eigenvalue weighted by atomic mass is 9.98. The summed E-state index contributed by atoms with van der Waals surface area (Å²) in [5.41, 5.74) is 0.507. The number of nitrogens with one attached hydrogen (secondary N) is 2. The third kappa shape index (κ3) is 3.07. The molecule has 8 nitrogen and oxygen atoms in total. The maximum atomic E-state index is 12.6. The number of carbonyl (C=O) groups is 3. The predicted molar refractivity (Wildman–Crippen MR) is 94.4 cm³/mol. The van der Waals surface area contributed by atoms with E-state index in [0.717, 1.165) is 23.3 Å². The first kappa shape index (κ1) is 18.0. The minimum atomic E-state index is -0.809. The van der Waals surface area contributed by atoms with E-state index in [4.69, 9.17) is 9.47 Å². The number of amides is 4. The van der Waals surface area contributed by atoms with E-state index < -0.39 is 17.5 Å². The van der Waals surface area contributed by atoms with Crippen LogP contribution in [0.4, 0.5) is 10.5 Å². The van der Waals surface area contributed by atoms with Crippen LogP contribution in [0.15, 0.2) is 12.1 Å². The first-order valence-electron chi connectivity index (χ1n) is 8.57. The number of rotatable bonds is 5. The Labute approximate surface area is 151 Å². The molecule has 8 heteroatoms. The second kappa shape index (κ2) is 6.86. The number of carbonyl (C=O) groups excluding carboxylic acids is 3. The van der Waals surface area contributed by atoms with Crippen LogP contribution in [0.2, 0.25) is 0 Å². The Morgan fingerprint density at radius 2 is 1.81 bits per heavy atom. The Morgan fingerprint density at radius 3 is 2.42 bits per heavy atom. The van der Waals surface area contributed by atoms with Crippen LogP contribution < -0.4 is 20.1 Å².